The second-order valence-corrected chi connectivity index (χ2v) is 8.58. The number of fused-ring (bicyclic) bond motifs is 1. The van der Waals surface area contributed by atoms with Crippen molar-refractivity contribution in [2.45, 2.75) is 18.1 Å². The average molecular weight is 408 g/mol. The van der Waals surface area contributed by atoms with E-state index in [4.69, 9.17) is 4.98 Å². The normalized spacial score (nSPS) is 26.4. The summed E-state index contributed by atoms with van der Waals surface area (Å²) in [7, 11) is 4.11. The highest BCUT2D eigenvalue weighted by Crippen LogP contribution is 2.37. The summed E-state index contributed by atoms with van der Waals surface area (Å²) in [4.78, 5) is 20.7. The molecule has 2 saturated heterocycles. The van der Waals surface area contributed by atoms with E-state index in [1.54, 1.807) is 12.5 Å². The van der Waals surface area contributed by atoms with E-state index < -0.39 is 5.60 Å². The highest BCUT2D eigenvalue weighted by atomic mass is 16.3. The molecule has 0 saturated carbocycles. The van der Waals surface area contributed by atoms with Gasteiger partial charge < -0.3 is 19.5 Å². The van der Waals surface area contributed by atoms with Gasteiger partial charge in [-0.15, -0.1) is 0 Å². The Morgan fingerprint density at radius 1 is 1.00 bits per heavy atom. The predicted molar refractivity (Wildman–Crippen MR) is 116 cm³/mol. The van der Waals surface area contributed by atoms with Crippen LogP contribution in [0.1, 0.15) is 12.0 Å². The van der Waals surface area contributed by atoms with Crippen LogP contribution in [0.3, 0.4) is 0 Å². The van der Waals surface area contributed by atoms with Gasteiger partial charge in [-0.05, 0) is 19.0 Å². The van der Waals surface area contributed by atoms with Crippen LogP contribution in [-0.4, -0.2) is 86.8 Å². The third kappa shape index (κ3) is 3.34. The summed E-state index contributed by atoms with van der Waals surface area (Å²) in [5, 5.41) is 11.9. The van der Waals surface area contributed by atoms with Crippen LogP contribution in [-0.2, 0) is 12.6 Å². The van der Waals surface area contributed by atoms with Crippen LogP contribution < -0.4 is 4.90 Å². The zero-order valence-electron chi connectivity index (χ0n) is 17.6. The van der Waals surface area contributed by atoms with Gasteiger partial charge in [0.1, 0.15) is 11.1 Å². The molecule has 2 aliphatic rings. The zero-order chi connectivity index (χ0) is 20.7. The summed E-state index contributed by atoms with van der Waals surface area (Å²) >= 11 is 0. The van der Waals surface area contributed by atoms with Gasteiger partial charge in [0.25, 0.3) is 0 Å². The number of hydrogen-bond donors (Lipinski definition) is 1. The maximum Gasteiger partial charge on any atom is 0.227 e. The minimum atomic E-state index is -0.885. The van der Waals surface area contributed by atoms with E-state index in [1.165, 1.54) is 0 Å². The lowest BCUT2D eigenvalue weighted by Gasteiger charge is -2.51. The molecule has 8 nitrogen and oxygen atoms in total. The van der Waals surface area contributed by atoms with E-state index in [0.29, 0.717) is 25.5 Å². The molecule has 158 valence electrons. The van der Waals surface area contributed by atoms with Crippen LogP contribution in [0.2, 0.25) is 0 Å². The first-order valence-electron chi connectivity index (χ1n) is 10.6. The Morgan fingerprint density at radius 2 is 1.77 bits per heavy atom. The summed E-state index contributed by atoms with van der Waals surface area (Å²) in [6.07, 6.45) is 4.20. The fourth-order valence-corrected chi connectivity index (χ4v) is 4.78. The van der Waals surface area contributed by atoms with Crippen molar-refractivity contribution >= 4 is 17.1 Å². The SMILES string of the molecule is CN1CCN([C@@H]2CN(c3ncc4ncn(C)c4n3)CC[C@]2(O)c2ccccc2)CC1. The Bertz CT molecular complexity index is 1010. The van der Waals surface area contributed by atoms with Gasteiger partial charge in [-0.3, -0.25) is 4.90 Å². The molecule has 8 heteroatoms. The fraction of sp³-hybridized carbons (Fsp3) is 0.500. The zero-order valence-corrected chi connectivity index (χ0v) is 17.6. The molecule has 0 bridgehead atoms. The van der Waals surface area contributed by atoms with Gasteiger partial charge in [0.15, 0.2) is 5.65 Å². The first-order chi connectivity index (χ1) is 14.5. The number of piperazine rings is 1. The van der Waals surface area contributed by atoms with Crippen LogP contribution in [0.15, 0.2) is 42.9 Å². The van der Waals surface area contributed by atoms with Crippen LogP contribution in [0, 0.1) is 0 Å². The third-order valence-electron chi connectivity index (χ3n) is 6.68. The topological polar surface area (TPSA) is 73.5 Å². The van der Waals surface area contributed by atoms with Gasteiger partial charge in [0.05, 0.1) is 18.6 Å². The van der Waals surface area contributed by atoms with Crippen molar-refractivity contribution in [3.8, 4) is 0 Å². The number of aryl methyl sites for hydroxylation is 1. The molecule has 5 rings (SSSR count). The van der Waals surface area contributed by atoms with E-state index in [0.717, 1.165) is 42.9 Å². The summed E-state index contributed by atoms with van der Waals surface area (Å²) in [6.45, 7) is 5.33. The van der Waals surface area contributed by atoms with Crippen molar-refractivity contribution < 1.29 is 5.11 Å². The van der Waals surface area contributed by atoms with Gasteiger partial charge in [-0.2, -0.15) is 4.98 Å². The number of aliphatic hydroxyl groups is 1. The molecule has 30 heavy (non-hydrogen) atoms. The van der Waals surface area contributed by atoms with Crippen molar-refractivity contribution in [1.29, 1.82) is 0 Å². The number of rotatable bonds is 3. The minimum Gasteiger partial charge on any atom is -0.383 e. The molecule has 0 aliphatic carbocycles. The summed E-state index contributed by atoms with van der Waals surface area (Å²) in [5.41, 5.74) is 1.75. The van der Waals surface area contributed by atoms with Gasteiger partial charge >= 0.3 is 0 Å². The molecule has 0 unspecified atom stereocenters. The summed E-state index contributed by atoms with van der Waals surface area (Å²) in [5.74, 6) is 0.709. The number of imidazole rings is 1. The quantitative estimate of drug-likeness (QED) is 0.696. The number of anilines is 1. The number of nitrogens with zero attached hydrogens (tertiary/aromatic N) is 7. The molecule has 0 radical (unpaired) electrons. The number of benzene rings is 1. The molecule has 3 aromatic rings. The van der Waals surface area contributed by atoms with Gasteiger partial charge in [0.2, 0.25) is 5.95 Å². The highest BCUT2D eigenvalue weighted by molar-refractivity contribution is 5.70. The summed E-state index contributed by atoms with van der Waals surface area (Å²) in [6, 6.07) is 10.1. The molecule has 0 spiro atoms. The van der Waals surface area contributed by atoms with Crippen LogP contribution in [0.5, 0.6) is 0 Å². The van der Waals surface area contributed by atoms with Crippen molar-refractivity contribution in [2.24, 2.45) is 7.05 Å². The van der Waals surface area contributed by atoms with E-state index >= 15 is 0 Å². The molecule has 2 aromatic heterocycles. The first kappa shape index (κ1) is 19.4. The van der Waals surface area contributed by atoms with Crippen molar-refractivity contribution in [2.75, 3.05) is 51.2 Å². The van der Waals surface area contributed by atoms with E-state index in [1.807, 2.05) is 29.8 Å². The Kier molecular flexibility index (Phi) is 4.92. The third-order valence-corrected chi connectivity index (χ3v) is 6.68. The van der Waals surface area contributed by atoms with Crippen molar-refractivity contribution in [3.63, 3.8) is 0 Å². The molecule has 2 atom stereocenters. The summed E-state index contributed by atoms with van der Waals surface area (Å²) < 4.78 is 1.92. The molecule has 2 aliphatic heterocycles. The van der Waals surface area contributed by atoms with Crippen LogP contribution >= 0.6 is 0 Å². The standard InChI is InChI=1S/C22H29N7O/c1-26-10-12-28(13-11-26)19-15-29(9-8-22(19,30)17-6-4-3-5-7-17)21-23-14-18-20(25-21)27(2)16-24-18/h3-7,14,16,19,30H,8-13,15H2,1-2H3/t19-,22+/m1/s1. The van der Waals surface area contributed by atoms with Crippen molar-refractivity contribution in [3.05, 3.63) is 48.4 Å². The highest BCUT2D eigenvalue weighted by Gasteiger charge is 2.46. The first-order valence-corrected chi connectivity index (χ1v) is 10.6. The van der Waals surface area contributed by atoms with Crippen molar-refractivity contribution in [1.82, 2.24) is 29.3 Å². The Balaban J connectivity index is 1.48. The van der Waals surface area contributed by atoms with Gasteiger partial charge in [-0.1, -0.05) is 30.3 Å². The number of piperidine rings is 1. The van der Waals surface area contributed by atoms with Gasteiger partial charge in [0, 0.05) is 46.3 Å². The van der Waals surface area contributed by atoms with E-state index in [2.05, 4.69) is 43.8 Å². The monoisotopic (exact) mass is 407 g/mol. The number of hydrogen-bond acceptors (Lipinski definition) is 7. The molecule has 1 aromatic carbocycles. The van der Waals surface area contributed by atoms with E-state index in [-0.39, 0.29) is 6.04 Å². The lowest BCUT2D eigenvalue weighted by atomic mass is 9.79. The number of aromatic nitrogens is 4. The molecule has 2 fully saturated rings. The van der Waals surface area contributed by atoms with E-state index in [9.17, 15) is 5.11 Å². The largest absolute Gasteiger partial charge is 0.383 e. The molecule has 4 heterocycles. The Hall–Kier alpha value is -2.55. The fourth-order valence-electron chi connectivity index (χ4n) is 4.78. The predicted octanol–water partition coefficient (Wildman–Crippen LogP) is 1.08. The Labute approximate surface area is 176 Å². The van der Waals surface area contributed by atoms with Gasteiger partial charge in [-0.25, -0.2) is 9.97 Å². The molecule has 1 N–H and O–H groups in total. The average Bonchev–Trinajstić information content (AvgIpc) is 3.15. The minimum absolute atomic E-state index is 0.0202. The maximum atomic E-state index is 11.9. The second kappa shape index (κ2) is 7.61. The smallest absolute Gasteiger partial charge is 0.227 e. The molecule has 0 amide bonds. The molecular formula is C22H29N7O. The second-order valence-electron chi connectivity index (χ2n) is 8.58. The lowest BCUT2D eigenvalue weighted by Crippen LogP contribution is -2.64. The lowest BCUT2D eigenvalue weighted by molar-refractivity contribution is -0.0758. The van der Waals surface area contributed by atoms with Crippen LogP contribution in [0.4, 0.5) is 5.95 Å². The molecular weight excluding hydrogens is 378 g/mol. The van der Waals surface area contributed by atoms with Crippen LogP contribution in [0.25, 0.3) is 11.2 Å². The number of likely N-dealkylation sites (N-methyl/N-ethyl adjacent to an activating group) is 1. The Morgan fingerprint density at radius 3 is 2.53 bits per heavy atom. The maximum absolute atomic E-state index is 11.9.